The molecule has 0 radical (unpaired) electrons. The van der Waals surface area contributed by atoms with Gasteiger partial charge in [-0.25, -0.2) is 4.98 Å². The monoisotopic (exact) mass is 242 g/mol. The molecule has 1 N–H and O–H groups in total. The minimum absolute atomic E-state index is 0.0592. The number of nitrogens with zero attached hydrogens (tertiary/aromatic N) is 2. The first kappa shape index (κ1) is 13.1. The molecule has 1 amide bonds. The van der Waals surface area contributed by atoms with Gasteiger partial charge in [-0.15, -0.1) is 11.3 Å². The summed E-state index contributed by atoms with van der Waals surface area (Å²) >= 11 is 1.43. The van der Waals surface area contributed by atoms with E-state index in [1.807, 2.05) is 7.05 Å². The van der Waals surface area contributed by atoms with E-state index in [9.17, 15) is 4.79 Å². The van der Waals surface area contributed by atoms with Gasteiger partial charge in [0.1, 0.15) is 5.01 Å². The third kappa shape index (κ3) is 3.90. The lowest BCUT2D eigenvalue weighted by Crippen LogP contribution is -2.29. The second-order valence-electron chi connectivity index (χ2n) is 3.74. The zero-order chi connectivity index (χ0) is 12.0. The third-order valence-electron chi connectivity index (χ3n) is 2.34. The molecule has 0 unspecified atom stereocenters. The Hall–Kier alpha value is -0.940. The summed E-state index contributed by atoms with van der Waals surface area (Å²) < 4.78 is 0. The van der Waals surface area contributed by atoms with Gasteiger partial charge in [0, 0.05) is 19.0 Å². The quantitative estimate of drug-likeness (QED) is 0.821. The minimum Gasteiger partial charge on any atom is -0.390 e. The summed E-state index contributed by atoms with van der Waals surface area (Å²) in [7, 11) is 1.82. The van der Waals surface area contributed by atoms with E-state index in [1.54, 1.807) is 10.3 Å². The molecule has 1 rings (SSSR count). The van der Waals surface area contributed by atoms with Gasteiger partial charge in [-0.3, -0.25) is 4.79 Å². The molecule has 4 nitrogen and oxygen atoms in total. The Kier molecular flexibility index (Phi) is 5.42. The molecular weight excluding hydrogens is 224 g/mol. The van der Waals surface area contributed by atoms with Crippen molar-refractivity contribution in [1.82, 2.24) is 9.88 Å². The summed E-state index contributed by atoms with van der Waals surface area (Å²) in [6, 6.07) is 0. The Morgan fingerprint density at radius 3 is 2.94 bits per heavy atom. The second-order valence-corrected chi connectivity index (χ2v) is 4.68. The molecule has 0 aliphatic carbocycles. The molecule has 0 aliphatic rings. The van der Waals surface area contributed by atoms with Crippen LogP contribution in [-0.4, -0.2) is 34.5 Å². The van der Waals surface area contributed by atoms with Crippen LogP contribution in [0.15, 0.2) is 5.38 Å². The molecule has 90 valence electrons. The van der Waals surface area contributed by atoms with E-state index in [2.05, 4.69) is 11.9 Å². The van der Waals surface area contributed by atoms with Crippen LogP contribution in [0.25, 0.3) is 0 Å². The minimum atomic E-state index is -0.0592. The number of carbonyl (C=O) groups is 1. The van der Waals surface area contributed by atoms with Crippen molar-refractivity contribution in [2.75, 3.05) is 13.6 Å². The van der Waals surface area contributed by atoms with E-state index in [0.29, 0.717) is 12.1 Å². The number of carbonyl (C=O) groups excluding carboxylic acids is 1. The number of hydrogen-bond donors (Lipinski definition) is 1. The van der Waals surface area contributed by atoms with Crippen LogP contribution in [0, 0.1) is 0 Å². The molecule has 0 saturated carbocycles. The zero-order valence-corrected chi connectivity index (χ0v) is 10.6. The average Bonchev–Trinajstić information content (AvgIpc) is 2.73. The van der Waals surface area contributed by atoms with Gasteiger partial charge >= 0.3 is 0 Å². The Bertz CT molecular complexity index is 338. The molecule has 0 aliphatic heterocycles. The Labute approximate surface area is 99.9 Å². The summed E-state index contributed by atoms with van der Waals surface area (Å²) in [6.45, 7) is 2.84. The fourth-order valence-electron chi connectivity index (χ4n) is 1.29. The normalized spacial score (nSPS) is 10.4. The number of likely N-dealkylation sites (N-methyl/N-ethyl adjacent to an activating group) is 1. The van der Waals surface area contributed by atoms with Gasteiger partial charge in [-0.2, -0.15) is 0 Å². The molecule has 0 aromatic carbocycles. The number of aliphatic hydroxyl groups excluding tert-OH is 1. The molecule has 5 heteroatoms. The van der Waals surface area contributed by atoms with Crippen molar-refractivity contribution in [1.29, 1.82) is 0 Å². The van der Waals surface area contributed by atoms with Crippen molar-refractivity contribution in [2.24, 2.45) is 0 Å². The van der Waals surface area contributed by atoms with Crippen LogP contribution in [0.5, 0.6) is 0 Å². The highest BCUT2D eigenvalue weighted by Crippen LogP contribution is 2.11. The molecule has 0 saturated heterocycles. The summed E-state index contributed by atoms with van der Waals surface area (Å²) in [5.74, 6) is 0.0901. The maximum atomic E-state index is 11.7. The van der Waals surface area contributed by atoms with Crippen LogP contribution in [-0.2, 0) is 17.8 Å². The lowest BCUT2D eigenvalue weighted by molar-refractivity contribution is -0.129. The smallest absolute Gasteiger partial charge is 0.229 e. The molecule has 0 fully saturated rings. The largest absolute Gasteiger partial charge is 0.390 e. The molecule has 16 heavy (non-hydrogen) atoms. The standard InChI is InChI=1S/C11H18N2O2S/c1-3-4-5-13(2)11(15)6-10-12-9(7-14)8-16-10/h8,14H,3-7H2,1-2H3. The highest BCUT2D eigenvalue weighted by atomic mass is 32.1. The van der Waals surface area contributed by atoms with Crippen LogP contribution in [0.4, 0.5) is 0 Å². The number of amides is 1. The molecule has 1 aromatic heterocycles. The predicted molar refractivity (Wildman–Crippen MR) is 64.3 cm³/mol. The number of hydrogen-bond acceptors (Lipinski definition) is 4. The average molecular weight is 242 g/mol. The highest BCUT2D eigenvalue weighted by molar-refractivity contribution is 7.09. The number of rotatable bonds is 6. The molecule has 0 bridgehead atoms. The van der Waals surface area contributed by atoms with Gasteiger partial charge in [-0.05, 0) is 6.42 Å². The van der Waals surface area contributed by atoms with Crippen LogP contribution < -0.4 is 0 Å². The SMILES string of the molecule is CCCCN(C)C(=O)Cc1nc(CO)cs1. The molecular formula is C11H18N2O2S. The van der Waals surface area contributed by atoms with Gasteiger partial charge in [0.25, 0.3) is 0 Å². The Morgan fingerprint density at radius 2 is 2.38 bits per heavy atom. The first-order chi connectivity index (χ1) is 7.67. The molecule has 1 heterocycles. The zero-order valence-electron chi connectivity index (χ0n) is 9.77. The second kappa shape index (κ2) is 6.60. The van der Waals surface area contributed by atoms with Gasteiger partial charge in [0.15, 0.2) is 0 Å². The Balaban J connectivity index is 2.44. The van der Waals surface area contributed by atoms with Crippen molar-refractivity contribution in [3.8, 4) is 0 Å². The lowest BCUT2D eigenvalue weighted by Gasteiger charge is -2.15. The summed E-state index contributed by atoms with van der Waals surface area (Å²) in [5, 5.41) is 11.4. The van der Waals surface area contributed by atoms with Gasteiger partial charge in [-0.1, -0.05) is 13.3 Å². The predicted octanol–water partition coefficient (Wildman–Crippen LogP) is 1.44. The molecule has 0 spiro atoms. The first-order valence-electron chi connectivity index (χ1n) is 5.45. The topological polar surface area (TPSA) is 53.4 Å². The van der Waals surface area contributed by atoms with Crippen molar-refractivity contribution in [2.45, 2.75) is 32.8 Å². The number of thiazole rings is 1. The summed E-state index contributed by atoms with van der Waals surface area (Å²) in [4.78, 5) is 17.6. The van der Waals surface area contributed by atoms with E-state index in [0.717, 1.165) is 24.4 Å². The van der Waals surface area contributed by atoms with Crippen molar-refractivity contribution in [3.05, 3.63) is 16.1 Å². The molecule has 1 aromatic rings. The van der Waals surface area contributed by atoms with E-state index in [1.165, 1.54) is 11.3 Å². The first-order valence-corrected chi connectivity index (χ1v) is 6.33. The summed E-state index contributed by atoms with van der Waals surface area (Å²) in [6.07, 6.45) is 2.45. The van der Waals surface area contributed by atoms with E-state index in [-0.39, 0.29) is 12.5 Å². The van der Waals surface area contributed by atoms with E-state index in [4.69, 9.17) is 5.11 Å². The van der Waals surface area contributed by atoms with Crippen LogP contribution in [0.3, 0.4) is 0 Å². The van der Waals surface area contributed by atoms with Crippen LogP contribution >= 0.6 is 11.3 Å². The van der Waals surface area contributed by atoms with Crippen LogP contribution in [0.2, 0.25) is 0 Å². The number of aliphatic hydroxyl groups is 1. The van der Waals surface area contributed by atoms with Gasteiger partial charge in [0.05, 0.1) is 18.7 Å². The Morgan fingerprint density at radius 1 is 1.62 bits per heavy atom. The van der Waals surface area contributed by atoms with Crippen molar-refractivity contribution >= 4 is 17.2 Å². The maximum absolute atomic E-state index is 11.7. The van der Waals surface area contributed by atoms with E-state index < -0.39 is 0 Å². The van der Waals surface area contributed by atoms with E-state index >= 15 is 0 Å². The number of aromatic nitrogens is 1. The molecule has 0 atom stereocenters. The highest BCUT2D eigenvalue weighted by Gasteiger charge is 2.11. The lowest BCUT2D eigenvalue weighted by atomic mass is 10.3. The number of unbranched alkanes of at least 4 members (excludes halogenated alkanes) is 1. The van der Waals surface area contributed by atoms with Crippen molar-refractivity contribution in [3.63, 3.8) is 0 Å². The maximum Gasteiger partial charge on any atom is 0.229 e. The van der Waals surface area contributed by atoms with Gasteiger partial charge < -0.3 is 10.0 Å². The van der Waals surface area contributed by atoms with Crippen LogP contribution in [0.1, 0.15) is 30.5 Å². The fourth-order valence-corrected chi connectivity index (χ4v) is 2.06. The summed E-state index contributed by atoms with van der Waals surface area (Å²) in [5.41, 5.74) is 0.643. The fraction of sp³-hybridized carbons (Fsp3) is 0.636. The van der Waals surface area contributed by atoms with Crippen molar-refractivity contribution < 1.29 is 9.90 Å². The van der Waals surface area contributed by atoms with Gasteiger partial charge in [0.2, 0.25) is 5.91 Å². The third-order valence-corrected chi connectivity index (χ3v) is 3.23.